The number of nitrogens with one attached hydrogen (secondary N) is 1. The lowest BCUT2D eigenvalue weighted by Gasteiger charge is -2.17. The second-order valence-electron chi connectivity index (χ2n) is 4.47. The average Bonchev–Trinajstić information content (AvgIpc) is 2.24. The topological polar surface area (TPSA) is 75.4 Å². The summed E-state index contributed by atoms with van der Waals surface area (Å²) in [5, 5.41) is 12.2. The highest BCUT2D eigenvalue weighted by molar-refractivity contribution is 5.79. The van der Waals surface area contributed by atoms with Crippen LogP contribution in [-0.4, -0.2) is 23.6 Å². The maximum atomic E-state index is 11.8. The van der Waals surface area contributed by atoms with E-state index < -0.39 is 0 Å². The lowest BCUT2D eigenvalue weighted by molar-refractivity contribution is -0.125. The van der Waals surface area contributed by atoms with Crippen LogP contribution in [-0.2, 0) is 11.2 Å². The van der Waals surface area contributed by atoms with Gasteiger partial charge >= 0.3 is 0 Å². The minimum absolute atomic E-state index is 0.0363. The van der Waals surface area contributed by atoms with Crippen LogP contribution in [0.15, 0.2) is 24.3 Å². The van der Waals surface area contributed by atoms with Gasteiger partial charge in [-0.05, 0) is 38.0 Å². The van der Waals surface area contributed by atoms with Crippen LogP contribution in [0.2, 0.25) is 0 Å². The largest absolute Gasteiger partial charge is 0.508 e. The Balaban J connectivity index is 2.66. The number of amides is 1. The van der Waals surface area contributed by atoms with Gasteiger partial charge in [0.2, 0.25) is 5.91 Å². The zero-order valence-corrected chi connectivity index (χ0v) is 10.3. The number of rotatable bonds is 5. The Morgan fingerprint density at radius 2 is 2.18 bits per heavy atom. The average molecular weight is 236 g/mol. The van der Waals surface area contributed by atoms with Crippen molar-refractivity contribution >= 4 is 5.91 Å². The molecule has 1 aromatic rings. The smallest absolute Gasteiger partial charge is 0.224 e. The predicted octanol–water partition coefficient (Wildman–Crippen LogP) is 1.03. The van der Waals surface area contributed by atoms with Crippen LogP contribution < -0.4 is 11.1 Å². The molecule has 0 aliphatic rings. The summed E-state index contributed by atoms with van der Waals surface area (Å²) < 4.78 is 0. The Labute approximate surface area is 102 Å². The van der Waals surface area contributed by atoms with E-state index >= 15 is 0 Å². The maximum Gasteiger partial charge on any atom is 0.224 e. The van der Waals surface area contributed by atoms with E-state index in [4.69, 9.17) is 5.73 Å². The van der Waals surface area contributed by atoms with Crippen molar-refractivity contribution in [1.82, 2.24) is 5.32 Å². The quantitative estimate of drug-likeness (QED) is 0.715. The third-order valence-corrected chi connectivity index (χ3v) is 2.48. The molecule has 4 heteroatoms. The number of hydrogen-bond acceptors (Lipinski definition) is 3. The molecule has 1 atom stereocenters. The molecule has 0 aliphatic heterocycles. The summed E-state index contributed by atoms with van der Waals surface area (Å²) in [7, 11) is 0. The second kappa shape index (κ2) is 6.25. The fourth-order valence-corrected chi connectivity index (χ4v) is 1.65. The molecule has 1 rings (SSSR count). The van der Waals surface area contributed by atoms with Crippen molar-refractivity contribution in [3.8, 4) is 5.75 Å². The van der Waals surface area contributed by atoms with Gasteiger partial charge in [-0.3, -0.25) is 4.79 Å². The molecule has 94 valence electrons. The van der Waals surface area contributed by atoms with Gasteiger partial charge in [-0.2, -0.15) is 0 Å². The summed E-state index contributed by atoms with van der Waals surface area (Å²) in [6.07, 6.45) is 0.545. The number of carbonyl (C=O) groups excluding carboxylic acids is 1. The van der Waals surface area contributed by atoms with E-state index in [1.807, 2.05) is 19.9 Å². The van der Waals surface area contributed by atoms with Gasteiger partial charge in [0.15, 0.2) is 0 Å². The van der Waals surface area contributed by atoms with Crippen LogP contribution in [0.1, 0.15) is 19.4 Å². The molecule has 0 spiro atoms. The van der Waals surface area contributed by atoms with Crippen molar-refractivity contribution in [2.24, 2.45) is 11.7 Å². The van der Waals surface area contributed by atoms with Gasteiger partial charge in [0, 0.05) is 12.6 Å². The monoisotopic (exact) mass is 236 g/mol. The Hall–Kier alpha value is -1.55. The van der Waals surface area contributed by atoms with Crippen molar-refractivity contribution in [3.05, 3.63) is 29.8 Å². The zero-order valence-electron chi connectivity index (χ0n) is 10.3. The van der Waals surface area contributed by atoms with Crippen LogP contribution in [0.25, 0.3) is 0 Å². The van der Waals surface area contributed by atoms with Crippen LogP contribution in [0.4, 0.5) is 0 Å². The first-order valence-electron chi connectivity index (χ1n) is 5.81. The van der Waals surface area contributed by atoms with Crippen molar-refractivity contribution in [2.75, 3.05) is 6.54 Å². The van der Waals surface area contributed by atoms with E-state index in [0.29, 0.717) is 13.0 Å². The molecule has 1 unspecified atom stereocenters. The number of phenols is 1. The minimum Gasteiger partial charge on any atom is -0.508 e. The standard InChI is InChI=1S/C13H20N2O2/c1-9(2)15-13(17)11(8-14)6-10-4-3-5-12(16)7-10/h3-5,7,9,11,16H,6,8,14H2,1-2H3,(H,15,17). The van der Waals surface area contributed by atoms with Crippen LogP contribution in [0.5, 0.6) is 5.75 Å². The molecular formula is C13H20N2O2. The molecule has 4 N–H and O–H groups in total. The van der Waals surface area contributed by atoms with E-state index in [0.717, 1.165) is 5.56 Å². The Morgan fingerprint density at radius 1 is 1.47 bits per heavy atom. The number of phenolic OH excluding ortho intramolecular Hbond substituents is 1. The van der Waals surface area contributed by atoms with Gasteiger partial charge < -0.3 is 16.2 Å². The lowest BCUT2D eigenvalue weighted by Crippen LogP contribution is -2.39. The number of nitrogens with two attached hydrogens (primary N) is 1. The van der Waals surface area contributed by atoms with E-state index in [2.05, 4.69) is 5.32 Å². The van der Waals surface area contributed by atoms with Gasteiger partial charge in [0.1, 0.15) is 5.75 Å². The summed E-state index contributed by atoms with van der Waals surface area (Å²) in [5.41, 5.74) is 6.53. The molecule has 0 saturated carbocycles. The summed E-state index contributed by atoms with van der Waals surface area (Å²) in [4.78, 5) is 11.8. The molecule has 4 nitrogen and oxygen atoms in total. The molecule has 0 heterocycles. The molecule has 0 aliphatic carbocycles. The minimum atomic E-state index is -0.251. The Bertz CT molecular complexity index is 377. The van der Waals surface area contributed by atoms with Gasteiger partial charge in [0.25, 0.3) is 0 Å². The first-order valence-corrected chi connectivity index (χ1v) is 5.81. The van der Waals surface area contributed by atoms with Gasteiger partial charge in [-0.1, -0.05) is 12.1 Å². The summed E-state index contributed by atoms with van der Waals surface area (Å²) in [6, 6.07) is 7.02. The van der Waals surface area contributed by atoms with E-state index in [1.165, 1.54) is 0 Å². The highest BCUT2D eigenvalue weighted by Crippen LogP contribution is 2.14. The van der Waals surface area contributed by atoms with Crippen molar-refractivity contribution in [3.63, 3.8) is 0 Å². The Morgan fingerprint density at radius 3 is 2.71 bits per heavy atom. The molecule has 17 heavy (non-hydrogen) atoms. The van der Waals surface area contributed by atoms with E-state index in [-0.39, 0.29) is 23.6 Å². The van der Waals surface area contributed by atoms with Gasteiger partial charge in [-0.15, -0.1) is 0 Å². The third-order valence-electron chi connectivity index (χ3n) is 2.48. The first-order chi connectivity index (χ1) is 8.02. The lowest BCUT2D eigenvalue weighted by atomic mass is 9.98. The van der Waals surface area contributed by atoms with Crippen molar-refractivity contribution < 1.29 is 9.90 Å². The normalized spacial score (nSPS) is 12.5. The zero-order chi connectivity index (χ0) is 12.8. The van der Waals surface area contributed by atoms with Crippen LogP contribution >= 0.6 is 0 Å². The molecule has 0 radical (unpaired) electrons. The van der Waals surface area contributed by atoms with Gasteiger partial charge in [-0.25, -0.2) is 0 Å². The fraction of sp³-hybridized carbons (Fsp3) is 0.462. The predicted molar refractivity (Wildman–Crippen MR) is 67.6 cm³/mol. The molecule has 0 aromatic heterocycles. The first kappa shape index (κ1) is 13.5. The summed E-state index contributed by atoms with van der Waals surface area (Å²) in [6.45, 7) is 4.13. The molecule has 0 fully saturated rings. The van der Waals surface area contributed by atoms with Crippen molar-refractivity contribution in [1.29, 1.82) is 0 Å². The maximum absolute atomic E-state index is 11.8. The summed E-state index contributed by atoms with van der Waals surface area (Å²) in [5.74, 6) is -0.0763. The second-order valence-corrected chi connectivity index (χ2v) is 4.47. The molecule has 1 amide bonds. The van der Waals surface area contributed by atoms with Crippen LogP contribution in [0.3, 0.4) is 0 Å². The van der Waals surface area contributed by atoms with Crippen LogP contribution in [0, 0.1) is 5.92 Å². The molecule has 1 aromatic carbocycles. The summed E-state index contributed by atoms with van der Waals surface area (Å²) >= 11 is 0. The Kier molecular flexibility index (Phi) is 4.97. The van der Waals surface area contributed by atoms with Gasteiger partial charge in [0.05, 0.1) is 5.92 Å². The molecule has 0 bridgehead atoms. The number of aromatic hydroxyl groups is 1. The number of carbonyl (C=O) groups is 1. The SMILES string of the molecule is CC(C)NC(=O)C(CN)Cc1cccc(O)c1. The third kappa shape index (κ3) is 4.44. The highest BCUT2D eigenvalue weighted by Gasteiger charge is 2.17. The fourth-order valence-electron chi connectivity index (χ4n) is 1.65. The molecular weight excluding hydrogens is 216 g/mol. The highest BCUT2D eigenvalue weighted by atomic mass is 16.3. The van der Waals surface area contributed by atoms with Crippen molar-refractivity contribution in [2.45, 2.75) is 26.3 Å². The number of benzene rings is 1. The molecule has 0 saturated heterocycles. The van der Waals surface area contributed by atoms with E-state index in [1.54, 1.807) is 18.2 Å². The van der Waals surface area contributed by atoms with E-state index in [9.17, 15) is 9.90 Å². The number of hydrogen-bond donors (Lipinski definition) is 3.